The SMILES string of the molecule is O=[p+]1nccco1. The van der Waals surface area contributed by atoms with Crippen molar-refractivity contribution in [3.63, 3.8) is 0 Å². The van der Waals surface area contributed by atoms with Gasteiger partial charge >= 0.3 is 7.81 Å². The quantitative estimate of drug-likeness (QED) is 0.514. The molecule has 36 valence electrons. The summed E-state index contributed by atoms with van der Waals surface area (Å²) >= 11 is 0. The second-order valence-corrected chi connectivity index (χ2v) is 1.85. The van der Waals surface area contributed by atoms with Crippen LogP contribution in [0.5, 0.6) is 0 Å². The van der Waals surface area contributed by atoms with Crippen molar-refractivity contribution >= 4 is 7.81 Å². The van der Waals surface area contributed by atoms with E-state index in [1.807, 2.05) is 0 Å². The highest BCUT2D eigenvalue weighted by molar-refractivity contribution is 7.25. The maximum absolute atomic E-state index is 10.1. The van der Waals surface area contributed by atoms with E-state index in [2.05, 4.69) is 8.94 Å². The van der Waals surface area contributed by atoms with Crippen molar-refractivity contribution < 1.29 is 8.76 Å². The molecular formula is C3H3NO2P+. The van der Waals surface area contributed by atoms with Gasteiger partial charge in [0.2, 0.25) is 0 Å². The molecule has 0 saturated heterocycles. The highest BCUT2D eigenvalue weighted by Gasteiger charge is 1.92. The van der Waals surface area contributed by atoms with Crippen molar-refractivity contribution in [2.24, 2.45) is 0 Å². The number of hydrogen-bond acceptors (Lipinski definition) is 3. The number of hydrogen-bond donors (Lipinski definition) is 0. The lowest BCUT2D eigenvalue weighted by atomic mass is 10.8. The third-order valence-corrected chi connectivity index (χ3v) is 1.10. The molecule has 0 aliphatic heterocycles. The molecule has 0 aromatic carbocycles. The number of aromatic nitrogens is 1. The molecule has 3 nitrogen and oxygen atoms in total. The minimum absolute atomic E-state index is 1.35. The summed E-state index contributed by atoms with van der Waals surface area (Å²) in [5, 5.41) is 0. The summed E-state index contributed by atoms with van der Waals surface area (Å²) in [6.07, 6.45) is 2.80. The normalized spacial score (nSPS) is 11.1. The molecule has 0 saturated carbocycles. The molecule has 1 aromatic rings. The molecule has 0 radical (unpaired) electrons. The van der Waals surface area contributed by atoms with Crippen LogP contribution in [0, 0.1) is 0 Å². The predicted octanol–water partition coefficient (Wildman–Crippen LogP) is 1.42. The van der Waals surface area contributed by atoms with Crippen LogP contribution in [0.3, 0.4) is 0 Å². The molecule has 0 bridgehead atoms. The predicted molar refractivity (Wildman–Crippen MR) is 24.1 cm³/mol. The Balaban J connectivity index is 3.28. The van der Waals surface area contributed by atoms with E-state index in [0.29, 0.717) is 0 Å². The molecule has 1 aromatic heterocycles. The minimum Gasteiger partial charge on any atom is -0.242 e. The average Bonchev–Trinajstić information content (AvgIpc) is 1.69. The molecule has 7 heavy (non-hydrogen) atoms. The topological polar surface area (TPSA) is 43.1 Å². The van der Waals surface area contributed by atoms with Gasteiger partial charge in [0.05, 0.1) is 6.20 Å². The summed E-state index contributed by atoms with van der Waals surface area (Å²) in [4.78, 5) is 0. The van der Waals surface area contributed by atoms with Crippen molar-refractivity contribution in [1.82, 2.24) is 4.75 Å². The molecule has 4 heteroatoms. The van der Waals surface area contributed by atoms with E-state index in [4.69, 9.17) is 0 Å². The maximum Gasteiger partial charge on any atom is 0.720 e. The van der Waals surface area contributed by atoms with Gasteiger partial charge in [0, 0.05) is 15.4 Å². The first-order chi connectivity index (χ1) is 3.39. The largest absolute Gasteiger partial charge is 0.720 e. The van der Waals surface area contributed by atoms with Crippen molar-refractivity contribution in [2.45, 2.75) is 0 Å². The van der Waals surface area contributed by atoms with Gasteiger partial charge in [-0.2, -0.15) is 0 Å². The van der Waals surface area contributed by atoms with Gasteiger partial charge in [-0.25, -0.2) is 4.20 Å². The third kappa shape index (κ3) is 1.09. The van der Waals surface area contributed by atoms with E-state index in [9.17, 15) is 4.57 Å². The molecular weight excluding hydrogens is 113 g/mol. The molecule has 0 fully saturated rings. The van der Waals surface area contributed by atoms with Gasteiger partial charge in [-0.1, -0.05) is 0 Å². The first-order valence-corrected chi connectivity index (χ1v) is 2.86. The second kappa shape index (κ2) is 1.85. The Kier molecular flexibility index (Phi) is 1.18. The fraction of sp³-hybridized carbons (Fsp3) is 0. The van der Waals surface area contributed by atoms with Crippen LogP contribution in [0.4, 0.5) is 0 Å². The van der Waals surface area contributed by atoms with Gasteiger partial charge in [0.25, 0.3) is 0 Å². The van der Waals surface area contributed by atoms with Crippen LogP contribution in [-0.4, -0.2) is 4.75 Å². The Hall–Kier alpha value is -0.690. The molecule has 0 N–H and O–H groups in total. The lowest BCUT2D eigenvalue weighted by Crippen LogP contribution is -1.53. The van der Waals surface area contributed by atoms with Crippen LogP contribution in [0.25, 0.3) is 0 Å². The minimum atomic E-state index is -1.76. The molecule has 0 aliphatic carbocycles. The van der Waals surface area contributed by atoms with Crippen molar-refractivity contribution in [3.05, 3.63) is 18.5 Å². The van der Waals surface area contributed by atoms with Crippen molar-refractivity contribution in [3.8, 4) is 0 Å². The molecule has 1 unspecified atom stereocenters. The number of nitrogens with zero attached hydrogens (tertiary/aromatic N) is 1. The fourth-order valence-corrected chi connectivity index (χ4v) is 0.657. The third-order valence-electron chi connectivity index (χ3n) is 0.477. The summed E-state index contributed by atoms with van der Waals surface area (Å²) in [5.74, 6) is 0. The van der Waals surface area contributed by atoms with Crippen LogP contribution in [0.2, 0.25) is 0 Å². The Morgan fingerprint density at radius 3 is 2.86 bits per heavy atom. The van der Waals surface area contributed by atoms with Crippen LogP contribution >= 0.6 is 7.81 Å². The van der Waals surface area contributed by atoms with Crippen LogP contribution in [0.15, 0.2) is 22.7 Å². The standard InChI is InChI=1S/C3H3NO2P/c5-7-4-2-1-3-6-7/h1-3H/q+1. The number of rotatable bonds is 0. The first kappa shape index (κ1) is 4.47. The Bertz CT molecular complexity index is 179. The maximum atomic E-state index is 10.1. The van der Waals surface area contributed by atoms with Crippen molar-refractivity contribution in [1.29, 1.82) is 0 Å². The van der Waals surface area contributed by atoms with E-state index < -0.39 is 7.81 Å². The van der Waals surface area contributed by atoms with Gasteiger partial charge in [0.1, 0.15) is 0 Å². The van der Waals surface area contributed by atoms with Gasteiger partial charge in [-0.3, -0.25) is 0 Å². The Labute approximate surface area is 40.9 Å². The van der Waals surface area contributed by atoms with E-state index >= 15 is 0 Å². The Morgan fingerprint density at radius 2 is 2.57 bits per heavy atom. The van der Waals surface area contributed by atoms with Crippen LogP contribution in [-0.2, 0) is 4.57 Å². The summed E-state index contributed by atoms with van der Waals surface area (Å²) in [5.41, 5.74) is 0. The summed E-state index contributed by atoms with van der Waals surface area (Å²) in [7, 11) is -1.76. The highest BCUT2D eigenvalue weighted by Crippen LogP contribution is 2.01. The van der Waals surface area contributed by atoms with Crippen LogP contribution in [0.1, 0.15) is 0 Å². The van der Waals surface area contributed by atoms with Gasteiger partial charge in [-0.05, 0) is 0 Å². The molecule has 1 rings (SSSR count). The Morgan fingerprint density at radius 1 is 1.71 bits per heavy atom. The lowest BCUT2D eigenvalue weighted by molar-refractivity contribution is 0.541. The summed E-state index contributed by atoms with van der Waals surface area (Å²) in [6, 6.07) is 1.58. The monoisotopic (exact) mass is 116 g/mol. The van der Waals surface area contributed by atoms with Crippen LogP contribution < -0.4 is 0 Å². The summed E-state index contributed by atoms with van der Waals surface area (Å²) < 4.78 is 18.0. The average molecular weight is 116 g/mol. The highest BCUT2D eigenvalue weighted by atomic mass is 31.1. The summed E-state index contributed by atoms with van der Waals surface area (Å²) in [6.45, 7) is 0. The fourth-order valence-electron chi connectivity index (χ4n) is 0.242. The molecule has 0 amide bonds. The zero-order chi connectivity index (χ0) is 5.11. The van der Waals surface area contributed by atoms with Gasteiger partial charge < -0.3 is 0 Å². The van der Waals surface area contributed by atoms with Gasteiger partial charge in [0.15, 0.2) is 6.26 Å². The second-order valence-electron chi connectivity index (χ2n) is 0.936. The first-order valence-electron chi connectivity index (χ1n) is 1.73. The lowest BCUT2D eigenvalue weighted by Gasteiger charge is -1.58. The molecule has 0 spiro atoms. The molecule has 1 atom stereocenters. The van der Waals surface area contributed by atoms with E-state index in [1.165, 1.54) is 12.5 Å². The smallest absolute Gasteiger partial charge is 0.242 e. The van der Waals surface area contributed by atoms with Gasteiger partial charge in [-0.15, -0.1) is 0 Å². The molecule has 1 heterocycles. The van der Waals surface area contributed by atoms with Crippen molar-refractivity contribution in [2.75, 3.05) is 0 Å². The molecule has 0 aliphatic rings. The zero-order valence-corrected chi connectivity index (χ0v) is 4.34. The van der Waals surface area contributed by atoms with E-state index in [1.54, 1.807) is 6.07 Å². The van der Waals surface area contributed by atoms with E-state index in [-0.39, 0.29) is 0 Å². The van der Waals surface area contributed by atoms with E-state index in [0.717, 1.165) is 0 Å². The zero-order valence-electron chi connectivity index (χ0n) is 3.44.